The summed E-state index contributed by atoms with van der Waals surface area (Å²) in [5.41, 5.74) is 1.65. The molecule has 2 aliphatic rings. The van der Waals surface area contributed by atoms with Gasteiger partial charge in [-0.1, -0.05) is 18.2 Å². The first-order chi connectivity index (χ1) is 19.9. The summed E-state index contributed by atoms with van der Waals surface area (Å²) in [6.07, 6.45) is 3.09. The van der Waals surface area contributed by atoms with Crippen LogP contribution < -0.4 is 4.74 Å². The minimum Gasteiger partial charge on any atom is -0.497 e. The van der Waals surface area contributed by atoms with Gasteiger partial charge in [-0.15, -0.1) is 0 Å². The number of benzene rings is 2. The van der Waals surface area contributed by atoms with Gasteiger partial charge in [0.25, 0.3) is 5.91 Å². The fraction of sp³-hybridized carbons (Fsp3) is 0.414. The molecule has 1 N–H and O–H groups in total. The Balaban J connectivity index is 1.32. The summed E-state index contributed by atoms with van der Waals surface area (Å²) in [6.45, 7) is 1.34. The first-order valence-corrected chi connectivity index (χ1v) is 14.9. The highest BCUT2D eigenvalue weighted by Gasteiger charge is 2.33. The summed E-state index contributed by atoms with van der Waals surface area (Å²) in [6, 6.07) is 13.7. The lowest BCUT2D eigenvalue weighted by atomic mass is 9.92. The number of hydrogen-bond donors (Lipinski definition) is 1. The Morgan fingerprint density at radius 2 is 1.85 bits per heavy atom. The number of allylic oxidation sites excluding steroid dienone is 1. The molecule has 2 atom stereocenters. The van der Waals surface area contributed by atoms with E-state index in [9.17, 15) is 18.3 Å². The number of aliphatic hydroxyl groups is 1. The second kappa shape index (κ2) is 13.0. The number of carbonyl (C=O) groups excluding carboxylic acids is 1. The molecule has 12 heteroatoms. The van der Waals surface area contributed by atoms with Gasteiger partial charge >= 0.3 is 0 Å². The summed E-state index contributed by atoms with van der Waals surface area (Å²) in [7, 11) is -2.40. The number of carbonyl (C=O) groups is 1. The molecule has 0 radical (unpaired) electrons. The van der Waals surface area contributed by atoms with E-state index in [-0.39, 0.29) is 48.8 Å². The molecular weight excluding hydrogens is 552 g/mol. The smallest absolute Gasteiger partial charge is 0.288 e. The Labute approximate surface area is 238 Å². The first kappa shape index (κ1) is 29.1. The van der Waals surface area contributed by atoms with Gasteiger partial charge in [-0.2, -0.15) is 4.31 Å². The van der Waals surface area contributed by atoms with Gasteiger partial charge in [-0.25, -0.2) is 8.42 Å². The molecule has 3 heterocycles. The number of hydrogen-bond acceptors (Lipinski definition) is 9. The summed E-state index contributed by atoms with van der Waals surface area (Å²) >= 11 is 0. The lowest BCUT2D eigenvalue weighted by Gasteiger charge is -2.33. The topological polar surface area (TPSA) is 128 Å². The van der Waals surface area contributed by atoms with Gasteiger partial charge in [0.2, 0.25) is 16.3 Å². The third kappa shape index (κ3) is 6.57. The van der Waals surface area contributed by atoms with Crippen LogP contribution in [0.5, 0.6) is 5.75 Å². The van der Waals surface area contributed by atoms with E-state index in [2.05, 4.69) is 0 Å². The summed E-state index contributed by atoms with van der Waals surface area (Å²) in [4.78, 5) is 15.1. The van der Waals surface area contributed by atoms with Crippen LogP contribution in [0.25, 0.3) is 11.0 Å². The van der Waals surface area contributed by atoms with Crippen LogP contribution in [-0.2, 0) is 29.0 Å². The molecular formula is C29H34N2O9S. The molecule has 3 aromatic rings. The van der Waals surface area contributed by atoms with Crippen molar-refractivity contribution in [3.05, 3.63) is 72.2 Å². The molecule has 0 saturated carbocycles. The van der Waals surface area contributed by atoms with Crippen molar-refractivity contribution in [1.82, 2.24) is 9.21 Å². The van der Waals surface area contributed by atoms with Crippen molar-refractivity contribution < 1.29 is 41.7 Å². The summed E-state index contributed by atoms with van der Waals surface area (Å²) in [5, 5.41) is 10.5. The Hall–Kier alpha value is -3.42. The minimum absolute atomic E-state index is 0.0159. The van der Waals surface area contributed by atoms with E-state index in [0.29, 0.717) is 38.5 Å². The van der Waals surface area contributed by atoms with Gasteiger partial charge in [0.05, 0.1) is 44.7 Å². The van der Waals surface area contributed by atoms with E-state index in [0.717, 1.165) is 20.8 Å². The van der Waals surface area contributed by atoms with Crippen LogP contribution in [0.2, 0.25) is 0 Å². The number of methoxy groups -OCH3 is 1. The molecule has 2 aliphatic heterocycles. The van der Waals surface area contributed by atoms with E-state index < -0.39 is 16.3 Å². The maximum absolute atomic E-state index is 13.4. The third-order valence-electron chi connectivity index (χ3n) is 7.17. The van der Waals surface area contributed by atoms with Crippen LogP contribution in [0.4, 0.5) is 0 Å². The highest BCUT2D eigenvalue weighted by Crippen LogP contribution is 2.36. The average molecular weight is 587 g/mol. The molecule has 1 amide bonds. The number of rotatable bonds is 11. The van der Waals surface area contributed by atoms with Crippen LogP contribution in [0.3, 0.4) is 0 Å². The molecule has 0 unspecified atom stereocenters. The van der Waals surface area contributed by atoms with Gasteiger partial charge in [0.1, 0.15) is 11.3 Å². The Bertz CT molecular complexity index is 1460. The predicted octanol–water partition coefficient (Wildman–Crippen LogP) is 2.71. The maximum atomic E-state index is 13.4. The molecule has 220 valence electrons. The zero-order valence-corrected chi connectivity index (χ0v) is 23.6. The van der Waals surface area contributed by atoms with Crippen molar-refractivity contribution in [3.8, 4) is 5.75 Å². The fourth-order valence-corrected chi connectivity index (χ4v) is 6.40. The lowest BCUT2D eigenvalue weighted by molar-refractivity contribution is -0.155. The van der Waals surface area contributed by atoms with E-state index in [1.54, 1.807) is 29.4 Å². The molecule has 0 aliphatic carbocycles. The van der Waals surface area contributed by atoms with Gasteiger partial charge in [0, 0.05) is 49.5 Å². The van der Waals surface area contributed by atoms with Crippen molar-refractivity contribution >= 4 is 26.9 Å². The van der Waals surface area contributed by atoms with Crippen molar-refractivity contribution in [2.24, 2.45) is 0 Å². The zero-order chi connectivity index (χ0) is 28.8. The van der Waals surface area contributed by atoms with E-state index in [4.69, 9.17) is 23.4 Å². The molecule has 1 fully saturated rings. The quantitative estimate of drug-likeness (QED) is 0.361. The average Bonchev–Trinajstić information content (AvgIpc) is 3.45. The Kier molecular flexibility index (Phi) is 9.25. The number of para-hydroxylation sites is 1. The molecule has 1 aromatic heterocycles. The van der Waals surface area contributed by atoms with Crippen molar-refractivity contribution in [3.63, 3.8) is 0 Å². The van der Waals surface area contributed by atoms with Crippen LogP contribution in [0.15, 0.2) is 75.9 Å². The number of furan rings is 1. The molecule has 41 heavy (non-hydrogen) atoms. The second-order valence-electron chi connectivity index (χ2n) is 9.69. The summed E-state index contributed by atoms with van der Waals surface area (Å²) < 4.78 is 56.0. The maximum Gasteiger partial charge on any atom is 0.288 e. The standard InChI is InChI=1S/C29H34N2O9S/c1-36-22-6-8-23(9-7-22)41(34,35)31(10-14-32)13-17-38-28-19-21(25-20-39-26-5-3-2-4-24(25)26)18-27(40-28)29(33)30-11-15-37-16-12-30/h2-9,18,20-21,28,32H,10-17,19H2,1H3/t21-,28+/m0/s1. The summed E-state index contributed by atoms with van der Waals surface area (Å²) in [5.74, 6) is 0.236. The third-order valence-corrected chi connectivity index (χ3v) is 9.08. The fourth-order valence-electron chi connectivity index (χ4n) is 4.98. The molecule has 2 aromatic carbocycles. The van der Waals surface area contributed by atoms with Crippen molar-refractivity contribution in [2.45, 2.75) is 23.5 Å². The molecule has 1 saturated heterocycles. The number of nitrogens with zero attached hydrogens (tertiary/aromatic N) is 2. The van der Waals surface area contributed by atoms with Gasteiger partial charge in [-0.05, 0) is 36.4 Å². The van der Waals surface area contributed by atoms with Crippen molar-refractivity contribution in [1.29, 1.82) is 0 Å². The normalized spacial score (nSPS) is 19.7. The van der Waals surface area contributed by atoms with Gasteiger partial charge in [-0.3, -0.25) is 4.79 Å². The second-order valence-corrected chi connectivity index (χ2v) is 11.6. The van der Waals surface area contributed by atoms with Crippen LogP contribution in [0, 0.1) is 0 Å². The SMILES string of the molecule is COc1ccc(S(=O)(=O)N(CCO)CCO[C@H]2C[C@@H](c3coc4ccccc34)C=C(C(=O)N3CCOCC3)O2)cc1. The Morgan fingerprint density at radius 3 is 2.59 bits per heavy atom. The van der Waals surface area contributed by atoms with Crippen LogP contribution >= 0.6 is 0 Å². The lowest BCUT2D eigenvalue weighted by Crippen LogP contribution is -2.43. The molecule has 0 bridgehead atoms. The van der Waals surface area contributed by atoms with Crippen LogP contribution in [0.1, 0.15) is 17.9 Å². The van der Waals surface area contributed by atoms with E-state index in [1.165, 1.54) is 19.2 Å². The highest BCUT2D eigenvalue weighted by atomic mass is 32.2. The minimum atomic E-state index is -3.90. The highest BCUT2D eigenvalue weighted by molar-refractivity contribution is 7.89. The molecule has 11 nitrogen and oxygen atoms in total. The zero-order valence-electron chi connectivity index (χ0n) is 22.8. The van der Waals surface area contributed by atoms with Gasteiger partial charge < -0.3 is 33.4 Å². The molecule has 5 rings (SSSR count). The van der Waals surface area contributed by atoms with E-state index >= 15 is 0 Å². The van der Waals surface area contributed by atoms with Crippen molar-refractivity contribution in [2.75, 3.05) is 59.7 Å². The number of aliphatic hydroxyl groups excluding tert-OH is 1. The van der Waals surface area contributed by atoms with E-state index in [1.807, 2.05) is 24.3 Å². The molecule has 0 spiro atoms. The number of amides is 1. The number of morpholine rings is 1. The Morgan fingerprint density at radius 1 is 1.10 bits per heavy atom. The predicted molar refractivity (Wildman–Crippen MR) is 149 cm³/mol. The number of sulfonamides is 1. The number of fused-ring (bicyclic) bond motifs is 1. The number of ether oxygens (including phenoxy) is 4. The van der Waals surface area contributed by atoms with Gasteiger partial charge in [0.15, 0.2) is 5.76 Å². The largest absolute Gasteiger partial charge is 0.497 e. The van der Waals surface area contributed by atoms with Crippen LogP contribution in [-0.4, -0.2) is 94.6 Å². The monoisotopic (exact) mass is 586 g/mol. The first-order valence-electron chi connectivity index (χ1n) is 13.5.